The first-order valence-electron chi connectivity index (χ1n) is 19.3. The predicted octanol–water partition coefficient (Wildman–Crippen LogP) is 7.63. The van der Waals surface area contributed by atoms with Gasteiger partial charge < -0.3 is 29.0 Å². The third kappa shape index (κ3) is 5.38. The number of halogens is 1. The number of allylic oxidation sites excluding steroid dienone is 4. The van der Waals surface area contributed by atoms with E-state index < -0.39 is 46.3 Å². The van der Waals surface area contributed by atoms with Crippen LogP contribution in [-0.2, 0) is 30.3 Å². The number of benzene rings is 1. The van der Waals surface area contributed by atoms with Crippen molar-refractivity contribution < 1.29 is 38.1 Å². The molecule has 2 aromatic rings. The second kappa shape index (κ2) is 13.2. The molecule has 6 unspecified atom stereocenters. The van der Waals surface area contributed by atoms with Gasteiger partial charge in [-0.2, -0.15) is 10.1 Å². The van der Waals surface area contributed by atoms with Crippen molar-refractivity contribution in [2.45, 2.75) is 116 Å². The molecule has 1 spiro atoms. The Balaban J connectivity index is 1.46. The van der Waals surface area contributed by atoms with Gasteiger partial charge in [0.15, 0.2) is 22.7 Å². The number of Topliss-reactive ketones (excluding diaryl/α,β-unsaturated/α-hetero) is 1. The van der Waals surface area contributed by atoms with Gasteiger partial charge in [0.05, 0.1) is 35.6 Å². The van der Waals surface area contributed by atoms with Gasteiger partial charge >= 0.3 is 11.9 Å². The molecular weight excluding hydrogens is 736 g/mol. The van der Waals surface area contributed by atoms with Crippen molar-refractivity contribution in [2.75, 3.05) is 18.3 Å². The summed E-state index contributed by atoms with van der Waals surface area (Å²) in [7, 11) is 1.33. The zero-order valence-corrected chi connectivity index (χ0v) is 34.2. The highest BCUT2D eigenvalue weighted by molar-refractivity contribution is 6.26. The van der Waals surface area contributed by atoms with Gasteiger partial charge in [0.25, 0.3) is 0 Å². The molecule has 3 aliphatic carbocycles. The minimum absolute atomic E-state index is 0.0518. The minimum Gasteiger partial charge on any atom is -0.482 e. The van der Waals surface area contributed by atoms with Gasteiger partial charge in [-0.3, -0.25) is 9.59 Å². The van der Waals surface area contributed by atoms with Crippen LogP contribution in [0.3, 0.4) is 0 Å². The Morgan fingerprint density at radius 1 is 1.07 bits per heavy atom. The van der Waals surface area contributed by atoms with Crippen molar-refractivity contribution in [1.29, 1.82) is 0 Å². The maximum absolute atomic E-state index is 15.3. The van der Waals surface area contributed by atoms with Gasteiger partial charge in [-0.05, 0) is 93.2 Å². The molecule has 6 atom stereocenters. The first kappa shape index (κ1) is 38.2. The van der Waals surface area contributed by atoms with E-state index in [1.165, 1.54) is 19.0 Å². The molecule has 7 aliphatic rings. The molecule has 0 radical (unpaired) electrons. The third-order valence-electron chi connectivity index (χ3n) is 12.4. The number of carbonyl (C=O) groups is 3. The summed E-state index contributed by atoms with van der Waals surface area (Å²) >= 11 is 6.13. The van der Waals surface area contributed by atoms with E-state index in [0.29, 0.717) is 59.1 Å². The Labute approximate surface area is 332 Å². The van der Waals surface area contributed by atoms with Gasteiger partial charge in [0.1, 0.15) is 29.3 Å². The second-order valence-corrected chi connectivity index (χ2v) is 17.3. The van der Waals surface area contributed by atoms with Crippen LogP contribution in [0, 0.1) is 11.8 Å². The van der Waals surface area contributed by atoms with Crippen molar-refractivity contribution in [1.82, 2.24) is 14.8 Å². The van der Waals surface area contributed by atoms with Crippen LogP contribution >= 0.6 is 11.6 Å². The van der Waals surface area contributed by atoms with Crippen LogP contribution in [0.25, 0.3) is 11.8 Å². The summed E-state index contributed by atoms with van der Waals surface area (Å²) in [5.41, 5.74) is 1.37. The van der Waals surface area contributed by atoms with Crippen LogP contribution in [0.4, 0.5) is 5.95 Å². The van der Waals surface area contributed by atoms with Gasteiger partial charge in [0.2, 0.25) is 5.95 Å². The SMILES string of the molecule is COC(=O)/C(C)=C\CC12OC(C)(C)C3CC(C1=O)C1C4=C(Nc5ncnn51)c1c(OC(=O)CCl)c5c(c(CC=C(C)C)c1OC432)OC(C)(CCC=C(C)C)C=C5. The Morgan fingerprint density at radius 2 is 1.82 bits per heavy atom. The fourth-order valence-electron chi connectivity index (χ4n) is 9.97. The monoisotopic (exact) mass is 784 g/mol. The first-order valence-corrected chi connectivity index (χ1v) is 19.8. The summed E-state index contributed by atoms with van der Waals surface area (Å²) in [6.07, 6.45) is 13.9. The first-order chi connectivity index (χ1) is 26.5. The quantitative estimate of drug-likeness (QED) is 0.0837. The van der Waals surface area contributed by atoms with E-state index in [1.807, 2.05) is 46.8 Å². The highest BCUT2D eigenvalue weighted by atomic mass is 35.5. The summed E-state index contributed by atoms with van der Waals surface area (Å²) in [5, 5.41) is 8.20. The van der Waals surface area contributed by atoms with Crippen molar-refractivity contribution in [3.63, 3.8) is 0 Å². The molecule has 1 aromatic carbocycles. The second-order valence-electron chi connectivity index (χ2n) is 17.0. The Bertz CT molecular complexity index is 2240. The number of aromatic nitrogens is 3. The van der Waals surface area contributed by atoms with E-state index in [-0.39, 0.29) is 29.8 Å². The highest BCUT2D eigenvalue weighted by Crippen LogP contribution is 2.74. The van der Waals surface area contributed by atoms with E-state index in [2.05, 4.69) is 41.4 Å². The van der Waals surface area contributed by atoms with E-state index in [9.17, 15) is 9.59 Å². The van der Waals surface area contributed by atoms with Crippen LogP contribution in [0.1, 0.15) is 104 Å². The number of carbonyl (C=O) groups excluding carboxylic acids is 3. The van der Waals surface area contributed by atoms with Gasteiger partial charge in [-0.15, -0.1) is 11.6 Å². The number of ether oxygens (including phenoxy) is 5. The van der Waals surface area contributed by atoms with Gasteiger partial charge in [-0.1, -0.05) is 29.4 Å². The lowest BCUT2D eigenvalue weighted by molar-refractivity contribution is -0.181. The van der Waals surface area contributed by atoms with Crippen LogP contribution in [0.5, 0.6) is 17.2 Å². The average molecular weight is 785 g/mol. The molecular formula is C43H49ClN4O8. The number of hydrogen-bond acceptors (Lipinski definition) is 11. The number of methoxy groups -OCH3 is 1. The van der Waals surface area contributed by atoms with Crippen molar-refractivity contribution in [3.05, 3.63) is 69.6 Å². The largest absolute Gasteiger partial charge is 0.482 e. The van der Waals surface area contributed by atoms with E-state index in [4.69, 9.17) is 35.3 Å². The summed E-state index contributed by atoms with van der Waals surface area (Å²) in [6.45, 7) is 15.9. The van der Waals surface area contributed by atoms with Gasteiger partial charge in [0, 0.05) is 35.0 Å². The normalized spacial score (nSPS) is 29.5. The number of nitrogens with one attached hydrogen (secondary N) is 1. The number of hydrogen-bond donors (Lipinski definition) is 1. The van der Waals surface area contributed by atoms with E-state index in [1.54, 1.807) is 17.7 Å². The average Bonchev–Trinajstić information content (AvgIpc) is 3.67. The standard InChI is InChI=1S/C43H49ClN4O8/c1-22(2)11-10-16-41(8)17-15-26-34(54-41)25(13-12-23(3)4)36-30(35(26)53-29(49)20-44)32-31-33(48-39(47-32)45-21-46-48)27-19-28-40(6,7)56-42(37(27)50,43(28,31)55-36)18-14-24(5)38(51)52-9/h11-12,14-15,17,21,27-28,33H,10,13,16,18-20H2,1-9H3,(H,45,46,47)/b24-14-. The molecule has 4 aliphatic heterocycles. The molecule has 1 aromatic heterocycles. The number of esters is 2. The number of ketones is 1. The van der Waals surface area contributed by atoms with E-state index >= 15 is 4.79 Å². The van der Waals surface area contributed by atoms with Crippen molar-refractivity contribution in [3.8, 4) is 17.2 Å². The molecule has 4 fully saturated rings. The van der Waals surface area contributed by atoms with Crippen molar-refractivity contribution in [2.24, 2.45) is 11.8 Å². The lowest BCUT2D eigenvalue weighted by Gasteiger charge is -2.62. The molecule has 12 nitrogen and oxygen atoms in total. The maximum Gasteiger partial charge on any atom is 0.333 e. The summed E-state index contributed by atoms with van der Waals surface area (Å²) in [4.78, 5) is 45.9. The molecule has 3 saturated carbocycles. The zero-order chi connectivity index (χ0) is 40.1. The Hall–Kier alpha value is -4.68. The molecule has 0 amide bonds. The number of alkyl halides is 1. The fourth-order valence-corrected chi connectivity index (χ4v) is 10.0. The third-order valence-corrected chi connectivity index (χ3v) is 12.6. The highest BCUT2D eigenvalue weighted by Gasteiger charge is 2.84. The Morgan fingerprint density at radius 3 is 2.52 bits per heavy atom. The molecule has 1 saturated heterocycles. The zero-order valence-electron chi connectivity index (χ0n) is 33.4. The van der Waals surface area contributed by atoms with Crippen LogP contribution in [0.2, 0.25) is 0 Å². The van der Waals surface area contributed by atoms with Crippen LogP contribution in [0.15, 0.2) is 52.9 Å². The number of rotatable bonds is 10. The minimum atomic E-state index is -1.55. The molecule has 9 rings (SSSR count). The number of nitrogens with zero attached hydrogens (tertiary/aromatic N) is 3. The molecule has 13 heteroatoms. The van der Waals surface area contributed by atoms with Gasteiger partial charge in [-0.25, -0.2) is 9.48 Å². The number of anilines is 1. The Kier molecular flexibility index (Phi) is 9.00. The molecule has 296 valence electrons. The maximum atomic E-state index is 15.3. The molecule has 4 bridgehead atoms. The van der Waals surface area contributed by atoms with Crippen molar-refractivity contribution >= 4 is 47.0 Å². The smallest absolute Gasteiger partial charge is 0.333 e. The number of fused-ring (bicyclic) bond motifs is 4. The predicted molar refractivity (Wildman–Crippen MR) is 211 cm³/mol. The summed E-state index contributed by atoms with van der Waals surface area (Å²) < 4.78 is 34.9. The molecule has 1 N–H and O–H groups in total. The lowest BCUT2D eigenvalue weighted by atomic mass is 9.47. The van der Waals surface area contributed by atoms with Crippen LogP contribution < -0.4 is 19.5 Å². The summed E-state index contributed by atoms with van der Waals surface area (Å²) in [6, 6.07) is -0.573. The molecule has 56 heavy (non-hydrogen) atoms. The summed E-state index contributed by atoms with van der Waals surface area (Å²) in [5.74, 6) is -0.928. The van der Waals surface area contributed by atoms with Crippen LogP contribution in [-0.4, -0.2) is 67.9 Å². The fraction of sp³-hybridized carbons (Fsp3) is 0.512. The topological polar surface area (TPSA) is 140 Å². The molecule has 5 heterocycles. The lowest BCUT2D eigenvalue weighted by Crippen LogP contribution is -2.75. The van der Waals surface area contributed by atoms with E-state index in [0.717, 1.165) is 23.1 Å².